The second-order valence-corrected chi connectivity index (χ2v) is 12.8. The number of carbonyl (C=O) groups is 2. The third kappa shape index (κ3) is 4.96. The molecular weight excluding hydrogens is 584 g/mol. The molecule has 0 bridgehead atoms. The fraction of sp³-hybridized carbons (Fsp3) is 0.389. The Morgan fingerprint density at radius 3 is 1.96 bits per heavy atom. The van der Waals surface area contributed by atoms with Crippen molar-refractivity contribution in [2.75, 3.05) is 34.0 Å². The molecule has 2 atom stereocenters. The van der Waals surface area contributed by atoms with Crippen molar-refractivity contribution in [3.05, 3.63) is 70.8 Å². The first-order valence-corrected chi connectivity index (χ1v) is 15.9. The third-order valence-corrected chi connectivity index (χ3v) is 9.92. The first-order valence-electron chi connectivity index (χ1n) is 15.9. The van der Waals surface area contributed by atoms with Crippen LogP contribution >= 0.6 is 0 Å². The number of nitrogens with zero attached hydrogens (tertiary/aromatic N) is 4. The molecule has 10 heteroatoms. The van der Waals surface area contributed by atoms with E-state index in [2.05, 4.69) is 12.1 Å². The van der Waals surface area contributed by atoms with Gasteiger partial charge in [-0.2, -0.15) is 0 Å². The fourth-order valence-electron chi connectivity index (χ4n) is 7.16. The highest BCUT2D eigenvalue weighted by molar-refractivity contribution is 6.04. The van der Waals surface area contributed by atoms with Crippen molar-refractivity contribution < 1.29 is 28.5 Å². The van der Waals surface area contributed by atoms with E-state index >= 15 is 0 Å². The second kappa shape index (κ2) is 11.2. The predicted octanol–water partition coefficient (Wildman–Crippen LogP) is 5.55. The van der Waals surface area contributed by atoms with Gasteiger partial charge >= 0.3 is 0 Å². The maximum absolute atomic E-state index is 13.6. The van der Waals surface area contributed by atoms with Crippen molar-refractivity contribution in [2.45, 2.75) is 50.7 Å². The largest absolute Gasteiger partial charge is 0.493 e. The summed E-state index contributed by atoms with van der Waals surface area (Å²) in [6, 6.07) is 15.2. The molecule has 3 aromatic carbocycles. The number of carbonyl (C=O) groups excluding carboxylic acids is 2. The summed E-state index contributed by atoms with van der Waals surface area (Å²) in [5, 5.41) is 0. The first kappa shape index (κ1) is 28.6. The van der Waals surface area contributed by atoms with Gasteiger partial charge in [-0.25, -0.2) is 0 Å². The molecule has 1 saturated carbocycles. The molecule has 4 heterocycles. The van der Waals surface area contributed by atoms with Gasteiger partial charge in [0.15, 0.2) is 23.0 Å². The molecule has 236 valence electrons. The van der Waals surface area contributed by atoms with Crippen molar-refractivity contribution in [3.8, 4) is 23.0 Å². The lowest BCUT2D eigenvalue weighted by Crippen LogP contribution is -2.44. The Bertz CT molecular complexity index is 1800. The molecule has 0 N–H and O–H groups in total. The van der Waals surface area contributed by atoms with E-state index in [0.717, 1.165) is 24.9 Å². The Kier molecular flexibility index (Phi) is 6.96. The zero-order chi connectivity index (χ0) is 31.4. The summed E-state index contributed by atoms with van der Waals surface area (Å²) < 4.78 is 23.4. The Morgan fingerprint density at radius 2 is 1.35 bits per heavy atom. The minimum atomic E-state index is -0.108. The van der Waals surface area contributed by atoms with Crippen LogP contribution in [0.4, 0.5) is 11.4 Å². The Balaban J connectivity index is 0.929. The Hall–Kier alpha value is -4.86. The maximum atomic E-state index is 13.6. The van der Waals surface area contributed by atoms with Gasteiger partial charge in [0.1, 0.15) is 0 Å². The Labute approximate surface area is 267 Å². The zero-order valence-electron chi connectivity index (χ0n) is 26.0. The van der Waals surface area contributed by atoms with Gasteiger partial charge in [0.25, 0.3) is 11.8 Å². The monoisotopic (exact) mass is 620 g/mol. The van der Waals surface area contributed by atoms with Gasteiger partial charge in [-0.3, -0.25) is 19.6 Å². The van der Waals surface area contributed by atoms with Crippen LogP contribution in [0.25, 0.3) is 0 Å². The number of fused-ring (bicyclic) bond motifs is 5. The van der Waals surface area contributed by atoms with Crippen LogP contribution in [-0.4, -0.2) is 80.1 Å². The summed E-state index contributed by atoms with van der Waals surface area (Å²) in [7, 11) is 3.14. The summed E-state index contributed by atoms with van der Waals surface area (Å²) >= 11 is 0. The lowest BCUT2D eigenvalue weighted by molar-refractivity contribution is 0.0702. The predicted molar refractivity (Wildman–Crippen MR) is 173 cm³/mol. The normalized spacial score (nSPS) is 21.4. The quantitative estimate of drug-likeness (QED) is 0.306. The first-order chi connectivity index (χ1) is 22.4. The molecule has 0 unspecified atom stereocenters. The van der Waals surface area contributed by atoms with E-state index in [1.807, 2.05) is 34.4 Å². The molecule has 46 heavy (non-hydrogen) atoms. The van der Waals surface area contributed by atoms with Gasteiger partial charge in [0.05, 0.1) is 62.0 Å². The van der Waals surface area contributed by atoms with Crippen LogP contribution in [0, 0.1) is 5.41 Å². The molecule has 2 amide bonds. The molecule has 0 radical (unpaired) electrons. The molecule has 3 aromatic rings. The van der Waals surface area contributed by atoms with Crippen LogP contribution in [0.1, 0.15) is 57.5 Å². The molecule has 1 saturated heterocycles. The fourth-order valence-corrected chi connectivity index (χ4v) is 7.16. The number of ether oxygens (including phenoxy) is 4. The van der Waals surface area contributed by atoms with Gasteiger partial charge < -0.3 is 28.7 Å². The topological polar surface area (TPSA) is 102 Å². The zero-order valence-corrected chi connectivity index (χ0v) is 26.0. The number of hydrogen-bond donors (Lipinski definition) is 0. The molecule has 5 aliphatic rings. The van der Waals surface area contributed by atoms with Crippen LogP contribution in [0.3, 0.4) is 0 Å². The lowest BCUT2D eigenvalue weighted by Gasteiger charge is -2.34. The van der Waals surface area contributed by atoms with E-state index in [1.165, 1.54) is 18.4 Å². The lowest BCUT2D eigenvalue weighted by atomic mass is 9.94. The van der Waals surface area contributed by atoms with E-state index in [0.29, 0.717) is 77.1 Å². The van der Waals surface area contributed by atoms with Crippen LogP contribution in [0.5, 0.6) is 23.0 Å². The average molecular weight is 621 g/mol. The van der Waals surface area contributed by atoms with Crippen LogP contribution in [0.2, 0.25) is 0 Å². The van der Waals surface area contributed by atoms with Gasteiger partial charge in [0.2, 0.25) is 0 Å². The molecule has 1 spiro atoms. The van der Waals surface area contributed by atoms with Crippen molar-refractivity contribution in [3.63, 3.8) is 0 Å². The van der Waals surface area contributed by atoms with Crippen molar-refractivity contribution in [1.82, 2.24) is 9.80 Å². The Morgan fingerprint density at radius 1 is 0.761 bits per heavy atom. The molecular formula is C36H36N4O6. The highest BCUT2D eigenvalue weighted by atomic mass is 16.5. The second-order valence-electron chi connectivity index (χ2n) is 12.8. The van der Waals surface area contributed by atoms with E-state index in [-0.39, 0.29) is 23.9 Å². The minimum Gasteiger partial charge on any atom is -0.493 e. The molecule has 8 rings (SSSR count). The average Bonchev–Trinajstić information content (AvgIpc) is 3.78. The molecule has 2 fully saturated rings. The maximum Gasteiger partial charge on any atom is 0.257 e. The van der Waals surface area contributed by atoms with Crippen molar-refractivity contribution in [1.29, 1.82) is 0 Å². The molecule has 10 nitrogen and oxygen atoms in total. The number of methoxy groups -OCH3 is 2. The summed E-state index contributed by atoms with van der Waals surface area (Å²) in [6.07, 6.45) is 8.44. The molecule has 4 aliphatic heterocycles. The van der Waals surface area contributed by atoms with Crippen molar-refractivity contribution >= 4 is 35.6 Å². The summed E-state index contributed by atoms with van der Waals surface area (Å²) in [5.41, 5.74) is 4.91. The highest BCUT2D eigenvalue weighted by Crippen LogP contribution is 2.55. The number of aliphatic imine (C=N–C) groups is 2. The van der Waals surface area contributed by atoms with Crippen LogP contribution in [-0.2, 0) is 13.0 Å². The number of benzene rings is 3. The number of amides is 2. The van der Waals surface area contributed by atoms with E-state index in [4.69, 9.17) is 28.9 Å². The third-order valence-electron chi connectivity index (χ3n) is 9.92. The van der Waals surface area contributed by atoms with E-state index in [9.17, 15) is 9.59 Å². The minimum absolute atomic E-state index is 0.00121. The van der Waals surface area contributed by atoms with E-state index < -0.39 is 0 Å². The van der Waals surface area contributed by atoms with Gasteiger partial charge in [-0.15, -0.1) is 0 Å². The van der Waals surface area contributed by atoms with Gasteiger partial charge in [-0.05, 0) is 54.4 Å². The van der Waals surface area contributed by atoms with Gasteiger partial charge in [-0.1, -0.05) is 24.3 Å². The van der Waals surface area contributed by atoms with Crippen LogP contribution < -0.4 is 18.9 Å². The summed E-state index contributed by atoms with van der Waals surface area (Å²) in [4.78, 5) is 40.3. The summed E-state index contributed by atoms with van der Waals surface area (Å²) in [6.45, 7) is 2.04. The van der Waals surface area contributed by atoms with Crippen LogP contribution in [0.15, 0.2) is 58.5 Å². The number of hydrogen-bond acceptors (Lipinski definition) is 8. The molecule has 0 aromatic heterocycles. The van der Waals surface area contributed by atoms with Crippen molar-refractivity contribution in [2.24, 2.45) is 15.4 Å². The molecule has 1 aliphatic carbocycles. The summed E-state index contributed by atoms with van der Waals surface area (Å²) in [5.74, 6) is 1.94. The SMILES string of the molecule is COc1cc2c(cc1OCCCOc1cc3c(cc1OC)C(=O)N1CC4(CC4)C[C@H]1C=N3)N=C[C@@H]1Cc3ccccc3CN1C2=O. The van der Waals surface area contributed by atoms with E-state index in [1.54, 1.807) is 38.5 Å². The number of rotatable bonds is 8. The standard InChI is InChI=1S/C36H36N4O6/c1-43-30-13-26-28(37-18-24-12-22-6-3-4-7-23(22)20-39(24)34(26)41)15-32(30)45-10-5-11-46-33-16-29-27(14-31(33)44-2)35(42)40-21-36(8-9-36)17-25(40)19-38-29/h3-4,6-7,13-16,18-19,24-25H,5,8-12,17,20-21H2,1-2H3/t24-,25-/m0/s1. The van der Waals surface area contributed by atoms with Gasteiger partial charge in [0, 0.05) is 44.1 Å². The highest BCUT2D eigenvalue weighted by Gasteiger charge is 2.53. The smallest absolute Gasteiger partial charge is 0.257 e.